The van der Waals surface area contributed by atoms with Gasteiger partial charge in [-0.1, -0.05) is 5.16 Å². The van der Waals surface area contributed by atoms with E-state index in [1.807, 2.05) is 0 Å². The van der Waals surface area contributed by atoms with Crippen molar-refractivity contribution in [2.45, 2.75) is 31.2 Å². The molecule has 3 heterocycles. The van der Waals surface area contributed by atoms with Crippen molar-refractivity contribution in [1.82, 2.24) is 15.0 Å². The van der Waals surface area contributed by atoms with Crippen LogP contribution < -0.4 is 0 Å². The molecule has 8 nitrogen and oxygen atoms in total. The molecular weight excluding hydrogens is 290 g/mol. The maximum atomic E-state index is 12.4. The molecule has 8 heteroatoms. The third-order valence-corrected chi connectivity index (χ3v) is 4.33. The molecule has 4 rings (SSSR count). The number of carbonyl (C=O) groups is 3. The van der Waals surface area contributed by atoms with Crippen molar-refractivity contribution in [3.63, 3.8) is 0 Å². The predicted octanol–water partition coefficient (Wildman–Crippen LogP) is 0.745. The van der Waals surface area contributed by atoms with Gasteiger partial charge in [-0.05, 0) is 19.3 Å². The van der Waals surface area contributed by atoms with E-state index in [-0.39, 0.29) is 30.2 Å². The zero-order valence-electron chi connectivity index (χ0n) is 11.9. The van der Waals surface area contributed by atoms with E-state index in [0.717, 1.165) is 23.5 Å². The van der Waals surface area contributed by atoms with Gasteiger partial charge < -0.3 is 14.2 Å². The summed E-state index contributed by atoms with van der Waals surface area (Å²) in [4.78, 5) is 38.3. The van der Waals surface area contributed by atoms with Gasteiger partial charge in [0.2, 0.25) is 0 Å². The average molecular weight is 305 g/mol. The zero-order chi connectivity index (χ0) is 15.3. The third-order valence-electron chi connectivity index (χ3n) is 4.33. The first-order chi connectivity index (χ1) is 10.6. The molecule has 2 saturated heterocycles. The van der Waals surface area contributed by atoms with E-state index >= 15 is 0 Å². The molecular formula is C14H15N3O5. The summed E-state index contributed by atoms with van der Waals surface area (Å²) in [6.45, 7) is 0.578. The first-order valence-electron chi connectivity index (χ1n) is 7.38. The molecule has 1 aliphatic carbocycles. The minimum Gasteiger partial charge on any atom is -0.439 e. The summed E-state index contributed by atoms with van der Waals surface area (Å²) in [5.74, 6) is 0.592. The SMILES string of the molecule is O=C(c1cc(C2CC2)on1)N1CCC(N2C(=O)COC2=O)C1. The number of hydrogen-bond donors (Lipinski definition) is 0. The minimum atomic E-state index is -0.623. The summed E-state index contributed by atoms with van der Waals surface area (Å²) >= 11 is 0. The number of ether oxygens (including phenoxy) is 1. The summed E-state index contributed by atoms with van der Waals surface area (Å²) in [6.07, 6.45) is 2.09. The number of cyclic esters (lactones) is 1. The Morgan fingerprint density at radius 2 is 2.09 bits per heavy atom. The molecule has 1 saturated carbocycles. The fraction of sp³-hybridized carbons (Fsp3) is 0.571. The zero-order valence-corrected chi connectivity index (χ0v) is 11.9. The van der Waals surface area contributed by atoms with Crippen LogP contribution in [0.15, 0.2) is 10.6 Å². The van der Waals surface area contributed by atoms with Crippen molar-refractivity contribution < 1.29 is 23.6 Å². The first kappa shape index (κ1) is 13.3. The molecule has 1 atom stereocenters. The van der Waals surface area contributed by atoms with Crippen LogP contribution in [0.2, 0.25) is 0 Å². The molecule has 0 bridgehead atoms. The van der Waals surface area contributed by atoms with E-state index in [1.54, 1.807) is 11.0 Å². The fourth-order valence-corrected chi connectivity index (χ4v) is 2.97. The Balaban J connectivity index is 1.44. The lowest BCUT2D eigenvalue weighted by Crippen LogP contribution is -2.42. The Hall–Kier alpha value is -2.38. The molecule has 0 N–H and O–H groups in total. The van der Waals surface area contributed by atoms with E-state index in [0.29, 0.717) is 25.4 Å². The third kappa shape index (κ3) is 2.15. The van der Waals surface area contributed by atoms with Gasteiger partial charge in [-0.15, -0.1) is 0 Å². The van der Waals surface area contributed by atoms with Crippen molar-refractivity contribution >= 4 is 17.9 Å². The van der Waals surface area contributed by atoms with Crippen molar-refractivity contribution in [2.24, 2.45) is 0 Å². The van der Waals surface area contributed by atoms with Crippen LogP contribution in [0.1, 0.15) is 41.4 Å². The van der Waals surface area contributed by atoms with Gasteiger partial charge in [-0.25, -0.2) is 9.69 Å². The van der Waals surface area contributed by atoms with Gasteiger partial charge in [-0.2, -0.15) is 0 Å². The first-order valence-corrected chi connectivity index (χ1v) is 7.38. The molecule has 2 aliphatic heterocycles. The van der Waals surface area contributed by atoms with Crippen LogP contribution in [-0.4, -0.2) is 58.6 Å². The number of aromatic nitrogens is 1. The van der Waals surface area contributed by atoms with E-state index in [1.165, 1.54) is 0 Å². The Bertz CT molecular complexity index is 635. The molecule has 1 aromatic rings. The molecule has 3 aliphatic rings. The highest BCUT2D eigenvalue weighted by Gasteiger charge is 2.41. The molecule has 1 aromatic heterocycles. The Labute approximate surface area is 126 Å². The normalized spacial score (nSPS) is 25.0. The van der Waals surface area contributed by atoms with E-state index < -0.39 is 6.09 Å². The lowest BCUT2D eigenvalue weighted by atomic mass is 10.2. The van der Waals surface area contributed by atoms with E-state index in [2.05, 4.69) is 5.16 Å². The molecule has 0 radical (unpaired) electrons. The molecule has 116 valence electrons. The van der Waals surface area contributed by atoms with Crippen molar-refractivity contribution in [2.75, 3.05) is 19.7 Å². The van der Waals surface area contributed by atoms with Crippen LogP contribution in [0.4, 0.5) is 4.79 Å². The summed E-state index contributed by atoms with van der Waals surface area (Å²) in [5.41, 5.74) is 0.290. The molecule has 0 spiro atoms. The monoisotopic (exact) mass is 305 g/mol. The maximum Gasteiger partial charge on any atom is 0.417 e. The van der Waals surface area contributed by atoms with E-state index in [9.17, 15) is 14.4 Å². The van der Waals surface area contributed by atoms with Gasteiger partial charge >= 0.3 is 6.09 Å². The topological polar surface area (TPSA) is 93.0 Å². The Morgan fingerprint density at radius 3 is 2.77 bits per heavy atom. The number of amides is 3. The number of imide groups is 1. The number of likely N-dealkylation sites (tertiary alicyclic amines) is 1. The molecule has 22 heavy (non-hydrogen) atoms. The van der Waals surface area contributed by atoms with Crippen molar-refractivity contribution in [3.8, 4) is 0 Å². The second-order valence-electron chi connectivity index (χ2n) is 5.90. The Kier molecular flexibility index (Phi) is 2.91. The van der Waals surface area contributed by atoms with Crippen molar-refractivity contribution in [3.05, 3.63) is 17.5 Å². The average Bonchev–Trinajstić information content (AvgIpc) is 2.93. The summed E-state index contributed by atoms with van der Waals surface area (Å²) in [5, 5.41) is 3.84. The maximum absolute atomic E-state index is 12.4. The largest absolute Gasteiger partial charge is 0.439 e. The molecule has 1 unspecified atom stereocenters. The van der Waals surface area contributed by atoms with Crippen LogP contribution >= 0.6 is 0 Å². The van der Waals surface area contributed by atoms with Crippen LogP contribution in [0.25, 0.3) is 0 Å². The summed E-state index contributed by atoms with van der Waals surface area (Å²) in [7, 11) is 0. The minimum absolute atomic E-state index is 0.211. The number of nitrogens with zero attached hydrogens (tertiary/aromatic N) is 3. The standard InChI is InChI=1S/C14H15N3O5/c18-12-7-21-14(20)17(12)9-3-4-16(6-9)13(19)10-5-11(22-15-10)8-1-2-8/h5,8-9H,1-4,6-7H2. The molecule has 3 fully saturated rings. The second-order valence-corrected chi connectivity index (χ2v) is 5.90. The second kappa shape index (κ2) is 4.82. The van der Waals surface area contributed by atoms with Gasteiger partial charge in [0.15, 0.2) is 12.3 Å². The van der Waals surface area contributed by atoms with Crippen LogP contribution in [0, 0.1) is 0 Å². The van der Waals surface area contributed by atoms with Crippen LogP contribution in [-0.2, 0) is 9.53 Å². The van der Waals surface area contributed by atoms with Gasteiger partial charge in [0.05, 0.1) is 6.04 Å². The van der Waals surface area contributed by atoms with Gasteiger partial charge in [0.1, 0.15) is 5.76 Å². The van der Waals surface area contributed by atoms with Gasteiger partial charge in [0, 0.05) is 25.1 Å². The molecule has 3 amide bonds. The Morgan fingerprint density at radius 1 is 1.27 bits per heavy atom. The number of carbonyl (C=O) groups excluding carboxylic acids is 3. The summed E-state index contributed by atoms with van der Waals surface area (Å²) in [6, 6.07) is 1.38. The van der Waals surface area contributed by atoms with Crippen LogP contribution in [0.3, 0.4) is 0 Å². The van der Waals surface area contributed by atoms with E-state index in [4.69, 9.17) is 9.26 Å². The summed E-state index contributed by atoms with van der Waals surface area (Å²) < 4.78 is 9.91. The van der Waals surface area contributed by atoms with Gasteiger partial charge in [-0.3, -0.25) is 9.59 Å². The fourth-order valence-electron chi connectivity index (χ4n) is 2.97. The van der Waals surface area contributed by atoms with Crippen molar-refractivity contribution in [1.29, 1.82) is 0 Å². The lowest BCUT2D eigenvalue weighted by Gasteiger charge is -2.19. The smallest absolute Gasteiger partial charge is 0.417 e. The highest BCUT2D eigenvalue weighted by atomic mass is 16.6. The quantitative estimate of drug-likeness (QED) is 0.818. The number of hydrogen-bond acceptors (Lipinski definition) is 6. The number of rotatable bonds is 3. The van der Waals surface area contributed by atoms with Crippen LogP contribution in [0.5, 0.6) is 0 Å². The highest BCUT2D eigenvalue weighted by molar-refractivity contribution is 5.98. The van der Waals surface area contributed by atoms with Gasteiger partial charge in [0.25, 0.3) is 11.8 Å². The molecule has 0 aromatic carbocycles. The lowest BCUT2D eigenvalue weighted by molar-refractivity contribution is -0.127. The predicted molar refractivity (Wildman–Crippen MR) is 71.0 cm³/mol. The highest BCUT2D eigenvalue weighted by Crippen LogP contribution is 2.40.